The third-order valence-electron chi connectivity index (χ3n) is 6.62. The predicted molar refractivity (Wildman–Crippen MR) is 158 cm³/mol. The standard InChI is InChI=1S/C33H33ClN2O4/c1-39-29-18-15-25(21-30(29)40-2)19-20-35-33(38)32(27-11-7-4-8-12-27)36(23-26-13-16-28(34)17-14-26)31(37)22-24-9-5-3-6-10-24/h3-18,21,32H,19-20,22-23H2,1-2H3,(H,35,38)/t32-/m1/s1. The van der Waals surface area contributed by atoms with Gasteiger partial charge in [0.1, 0.15) is 6.04 Å². The number of hydrogen-bond acceptors (Lipinski definition) is 4. The van der Waals surface area contributed by atoms with Gasteiger partial charge in [-0.15, -0.1) is 0 Å². The van der Waals surface area contributed by atoms with Crippen LogP contribution in [-0.2, 0) is 29.0 Å². The van der Waals surface area contributed by atoms with Crippen molar-refractivity contribution in [3.63, 3.8) is 0 Å². The number of carbonyl (C=O) groups is 2. The Morgan fingerprint density at radius 1 is 0.775 bits per heavy atom. The van der Waals surface area contributed by atoms with Gasteiger partial charge in [0.25, 0.3) is 0 Å². The van der Waals surface area contributed by atoms with Gasteiger partial charge in [-0.05, 0) is 52.9 Å². The molecule has 4 rings (SSSR count). The lowest BCUT2D eigenvalue weighted by molar-refractivity contribution is -0.141. The lowest BCUT2D eigenvalue weighted by atomic mass is 10.0. The molecule has 0 aromatic heterocycles. The first kappa shape index (κ1) is 28.7. The summed E-state index contributed by atoms with van der Waals surface area (Å²) >= 11 is 6.11. The van der Waals surface area contributed by atoms with Crippen LogP contribution in [0.15, 0.2) is 103 Å². The van der Waals surface area contributed by atoms with Crippen molar-refractivity contribution in [2.75, 3.05) is 20.8 Å². The van der Waals surface area contributed by atoms with Crippen molar-refractivity contribution >= 4 is 23.4 Å². The van der Waals surface area contributed by atoms with Gasteiger partial charge < -0.3 is 19.7 Å². The molecule has 0 bridgehead atoms. The summed E-state index contributed by atoms with van der Waals surface area (Å²) in [5.41, 5.74) is 3.49. The van der Waals surface area contributed by atoms with Crippen molar-refractivity contribution in [1.29, 1.82) is 0 Å². The molecular formula is C33H33ClN2O4. The van der Waals surface area contributed by atoms with Gasteiger partial charge in [0.05, 0.1) is 20.6 Å². The fraction of sp³-hybridized carbons (Fsp3) is 0.212. The van der Waals surface area contributed by atoms with Gasteiger partial charge in [-0.25, -0.2) is 0 Å². The number of benzene rings is 4. The topological polar surface area (TPSA) is 67.9 Å². The third-order valence-corrected chi connectivity index (χ3v) is 6.87. The number of nitrogens with one attached hydrogen (secondary N) is 1. The second-order valence-electron chi connectivity index (χ2n) is 9.35. The van der Waals surface area contributed by atoms with Crippen LogP contribution in [0.2, 0.25) is 5.02 Å². The third kappa shape index (κ3) is 7.64. The van der Waals surface area contributed by atoms with Crippen molar-refractivity contribution < 1.29 is 19.1 Å². The minimum Gasteiger partial charge on any atom is -0.493 e. The Hall–Kier alpha value is -4.29. The first-order valence-corrected chi connectivity index (χ1v) is 13.5. The Balaban J connectivity index is 1.59. The molecular weight excluding hydrogens is 524 g/mol. The van der Waals surface area contributed by atoms with E-state index in [0.29, 0.717) is 29.5 Å². The maximum atomic E-state index is 13.8. The largest absolute Gasteiger partial charge is 0.493 e. The molecule has 0 fully saturated rings. The van der Waals surface area contributed by atoms with Gasteiger partial charge in [-0.1, -0.05) is 90.5 Å². The summed E-state index contributed by atoms with van der Waals surface area (Å²) in [6.07, 6.45) is 0.763. The maximum Gasteiger partial charge on any atom is 0.247 e. The van der Waals surface area contributed by atoms with Crippen LogP contribution in [0.3, 0.4) is 0 Å². The monoisotopic (exact) mass is 556 g/mol. The zero-order valence-corrected chi connectivity index (χ0v) is 23.4. The lowest BCUT2D eigenvalue weighted by Crippen LogP contribution is -2.44. The van der Waals surface area contributed by atoms with Crippen LogP contribution in [-0.4, -0.2) is 37.5 Å². The van der Waals surface area contributed by atoms with E-state index in [9.17, 15) is 9.59 Å². The van der Waals surface area contributed by atoms with Crippen molar-refractivity contribution in [2.45, 2.75) is 25.4 Å². The molecule has 0 aliphatic heterocycles. The van der Waals surface area contributed by atoms with Crippen molar-refractivity contribution in [3.05, 3.63) is 130 Å². The number of carbonyl (C=O) groups excluding carboxylic acids is 2. The molecule has 4 aromatic carbocycles. The van der Waals surface area contributed by atoms with Crippen molar-refractivity contribution in [1.82, 2.24) is 10.2 Å². The van der Waals surface area contributed by atoms with E-state index in [1.807, 2.05) is 91.0 Å². The summed E-state index contributed by atoms with van der Waals surface area (Å²) in [5, 5.41) is 3.67. The van der Waals surface area contributed by atoms with E-state index < -0.39 is 6.04 Å². The van der Waals surface area contributed by atoms with Crippen LogP contribution in [0, 0.1) is 0 Å². The summed E-state index contributed by atoms with van der Waals surface area (Å²) in [6.45, 7) is 0.644. The zero-order valence-electron chi connectivity index (χ0n) is 22.7. The molecule has 7 heteroatoms. The number of halogens is 1. The first-order valence-electron chi connectivity index (χ1n) is 13.1. The number of nitrogens with zero attached hydrogens (tertiary/aromatic N) is 1. The molecule has 0 heterocycles. The Labute approximate surface area is 240 Å². The van der Waals surface area contributed by atoms with E-state index >= 15 is 0 Å². The van der Waals surface area contributed by atoms with E-state index in [1.54, 1.807) is 31.3 Å². The second-order valence-corrected chi connectivity index (χ2v) is 9.79. The fourth-order valence-corrected chi connectivity index (χ4v) is 4.68. The summed E-state index contributed by atoms with van der Waals surface area (Å²) in [5.74, 6) is 0.885. The van der Waals surface area contributed by atoms with Gasteiger partial charge in [-0.3, -0.25) is 9.59 Å². The van der Waals surface area contributed by atoms with Crippen molar-refractivity contribution in [2.24, 2.45) is 0 Å². The van der Waals surface area contributed by atoms with E-state index in [4.69, 9.17) is 21.1 Å². The Bertz CT molecular complexity index is 1400. The van der Waals surface area contributed by atoms with Crippen LogP contribution in [0.4, 0.5) is 0 Å². The van der Waals surface area contributed by atoms with Gasteiger partial charge >= 0.3 is 0 Å². The summed E-state index contributed by atoms with van der Waals surface area (Å²) < 4.78 is 10.7. The molecule has 1 N–H and O–H groups in total. The van der Waals surface area contributed by atoms with Crippen molar-refractivity contribution in [3.8, 4) is 11.5 Å². The average Bonchev–Trinajstić information content (AvgIpc) is 2.98. The molecule has 6 nitrogen and oxygen atoms in total. The SMILES string of the molecule is COc1ccc(CCNC(=O)[C@@H](c2ccccc2)N(Cc2ccc(Cl)cc2)C(=O)Cc2ccccc2)cc1OC. The number of ether oxygens (including phenoxy) is 2. The molecule has 0 aliphatic rings. The Morgan fingerprint density at radius 3 is 2.05 bits per heavy atom. The molecule has 0 aliphatic carbocycles. The molecule has 0 saturated heterocycles. The molecule has 40 heavy (non-hydrogen) atoms. The highest BCUT2D eigenvalue weighted by atomic mass is 35.5. The number of hydrogen-bond donors (Lipinski definition) is 1. The van der Waals surface area contributed by atoms with E-state index in [1.165, 1.54) is 0 Å². The predicted octanol–water partition coefficient (Wildman–Crippen LogP) is 6.03. The first-order chi connectivity index (χ1) is 19.5. The zero-order chi connectivity index (χ0) is 28.3. The molecule has 1 atom stereocenters. The smallest absolute Gasteiger partial charge is 0.247 e. The van der Waals surface area contributed by atoms with Gasteiger partial charge in [0.2, 0.25) is 11.8 Å². The normalized spacial score (nSPS) is 11.4. The minimum absolute atomic E-state index is 0.148. The lowest BCUT2D eigenvalue weighted by Gasteiger charge is -2.32. The van der Waals surface area contributed by atoms with E-state index in [-0.39, 0.29) is 24.8 Å². The van der Waals surface area contributed by atoms with Crippen LogP contribution in [0.25, 0.3) is 0 Å². The highest BCUT2D eigenvalue weighted by Gasteiger charge is 2.31. The highest BCUT2D eigenvalue weighted by molar-refractivity contribution is 6.30. The molecule has 4 aromatic rings. The van der Waals surface area contributed by atoms with E-state index in [0.717, 1.165) is 22.3 Å². The molecule has 0 unspecified atom stereocenters. The van der Waals surface area contributed by atoms with Gasteiger partial charge in [-0.2, -0.15) is 0 Å². The molecule has 0 radical (unpaired) electrons. The number of methoxy groups -OCH3 is 2. The molecule has 0 saturated carbocycles. The number of rotatable bonds is 12. The van der Waals surface area contributed by atoms with Crippen LogP contribution < -0.4 is 14.8 Å². The molecule has 0 spiro atoms. The summed E-state index contributed by atoms with van der Waals surface area (Å²) in [4.78, 5) is 29.3. The highest BCUT2D eigenvalue weighted by Crippen LogP contribution is 2.28. The van der Waals surface area contributed by atoms with Gasteiger partial charge in [0.15, 0.2) is 11.5 Å². The van der Waals surface area contributed by atoms with Crippen LogP contribution in [0.1, 0.15) is 28.3 Å². The number of amides is 2. The average molecular weight is 557 g/mol. The molecule has 206 valence electrons. The Kier molecular flexibility index (Phi) is 10.2. The Morgan fingerprint density at radius 2 is 1.40 bits per heavy atom. The van der Waals surface area contributed by atoms with Gasteiger partial charge in [0, 0.05) is 18.1 Å². The second kappa shape index (κ2) is 14.2. The minimum atomic E-state index is -0.821. The van der Waals surface area contributed by atoms with Crippen LogP contribution >= 0.6 is 11.6 Å². The van der Waals surface area contributed by atoms with E-state index in [2.05, 4.69) is 5.32 Å². The summed E-state index contributed by atoms with van der Waals surface area (Å²) in [6, 6.07) is 31.2. The fourth-order valence-electron chi connectivity index (χ4n) is 4.55. The van der Waals surface area contributed by atoms with Crippen LogP contribution in [0.5, 0.6) is 11.5 Å². The summed E-state index contributed by atoms with van der Waals surface area (Å²) in [7, 11) is 3.19. The molecule has 2 amide bonds. The quantitative estimate of drug-likeness (QED) is 0.231. The maximum absolute atomic E-state index is 13.8.